The van der Waals surface area contributed by atoms with Crippen molar-refractivity contribution in [3.63, 3.8) is 0 Å². The summed E-state index contributed by atoms with van der Waals surface area (Å²) in [5.74, 6) is 4.09. The van der Waals surface area contributed by atoms with Crippen molar-refractivity contribution in [3.05, 3.63) is 35.9 Å². The summed E-state index contributed by atoms with van der Waals surface area (Å²) in [6.07, 6.45) is 18.9. The molecule has 6 rings (SSSR count). The molecule has 28 heavy (non-hydrogen) atoms. The largest absolute Gasteiger partial charge is 0.488 e. The number of benzene rings is 1. The monoisotopic (exact) mass is 378 g/mol. The van der Waals surface area contributed by atoms with Crippen LogP contribution in [0.3, 0.4) is 0 Å². The first kappa shape index (κ1) is 18.8. The van der Waals surface area contributed by atoms with E-state index in [1.165, 1.54) is 69.8 Å². The molecule has 5 aliphatic rings. The van der Waals surface area contributed by atoms with Crippen LogP contribution >= 0.6 is 0 Å². The van der Waals surface area contributed by atoms with Crippen LogP contribution in [0.15, 0.2) is 30.3 Å². The average molecular weight is 379 g/mol. The highest BCUT2D eigenvalue weighted by Gasteiger charge is 2.56. The average Bonchev–Trinajstić information content (AvgIpc) is 3.06. The molecule has 0 N–H and O–H groups in total. The van der Waals surface area contributed by atoms with E-state index in [0.29, 0.717) is 5.41 Å². The molecule has 1 aromatic rings. The van der Waals surface area contributed by atoms with Gasteiger partial charge in [0.15, 0.2) is 0 Å². The van der Waals surface area contributed by atoms with Gasteiger partial charge in [0.1, 0.15) is 11.4 Å². The lowest BCUT2D eigenvalue weighted by molar-refractivity contribution is -0.103. The zero-order valence-electron chi connectivity index (χ0n) is 18.2. The molecule has 0 aliphatic heterocycles. The number of hydrogen-bond acceptors (Lipinski definition) is 1. The fourth-order valence-electron chi connectivity index (χ4n) is 7.54. The van der Waals surface area contributed by atoms with Gasteiger partial charge in [0.05, 0.1) is 0 Å². The van der Waals surface area contributed by atoms with Crippen LogP contribution in [0.2, 0.25) is 0 Å². The molecule has 0 atom stereocenters. The Balaban J connectivity index is 1.29. The van der Waals surface area contributed by atoms with E-state index in [4.69, 9.17) is 4.74 Å². The molecule has 5 aliphatic carbocycles. The second-order valence-electron chi connectivity index (χ2n) is 11.6. The van der Waals surface area contributed by atoms with Crippen LogP contribution in [-0.2, 0) is 0 Å². The molecule has 0 aromatic heterocycles. The summed E-state index contributed by atoms with van der Waals surface area (Å²) >= 11 is 0. The predicted octanol–water partition coefficient (Wildman–Crippen LogP) is 7.65. The van der Waals surface area contributed by atoms with Crippen LogP contribution in [-0.4, -0.2) is 5.60 Å². The van der Waals surface area contributed by atoms with Gasteiger partial charge in [-0.25, -0.2) is 0 Å². The Morgan fingerprint density at radius 1 is 0.893 bits per heavy atom. The summed E-state index contributed by atoms with van der Waals surface area (Å²) < 4.78 is 6.30. The third kappa shape index (κ3) is 3.33. The molecule has 5 fully saturated rings. The Morgan fingerprint density at radius 2 is 1.43 bits per heavy atom. The Morgan fingerprint density at radius 3 is 1.96 bits per heavy atom. The van der Waals surface area contributed by atoms with Crippen LogP contribution in [0.5, 0.6) is 5.75 Å². The lowest BCUT2D eigenvalue weighted by Crippen LogP contribution is -2.52. The molecule has 152 valence electrons. The highest BCUT2D eigenvalue weighted by atomic mass is 16.5. The van der Waals surface area contributed by atoms with Crippen molar-refractivity contribution < 1.29 is 4.74 Å². The second-order valence-corrected chi connectivity index (χ2v) is 11.6. The Hall–Kier alpha value is -1.24. The van der Waals surface area contributed by atoms with Gasteiger partial charge < -0.3 is 4.74 Å². The molecular formula is C27H38O. The van der Waals surface area contributed by atoms with Gasteiger partial charge >= 0.3 is 0 Å². The minimum absolute atomic E-state index is 0.0534. The summed E-state index contributed by atoms with van der Waals surface area (Å²) in [4.78, 5) is 0. The van der Waals surface area contributed by atoms with Gasteiger partial charge in [0.2, 0.25) is 0 Å². The van der Waals surface area contributed by atoms with Gasteiger partial charge in [-0.2, -0.15) is 0 Å². The molecule has 1 nitrogen and oxygen atoms in total. The van der Waals surface area contributed by atoms with Crippen LogP contribution in [0.25, 0.3) is 6.08 Å². The van der Waals surface area contributed by atoms with Crippen molar-refractivity contribution in [1.29, 1.82) is 0 Å². The lowest BCUT2D eigenvalue weighted by Gasteiger charge is -2.62. The second kappa shape index (κ2) is 6.64. The van der Waals surface area contributed by atoms with Crippen molar-refractivity contribution in [2.75, 3.05) is 0 Å². The Labute approximate surface area is 171 Å². The molecule has 1 heteroatoms. The fourth-order valence-corrected chi connectivity index (χ4v) is 7.54. The minimum atomic E-state index is 0.0534. The van der Waals surface area contributed by atoms with E-state index in [-0.39, 0.29) is 11.0 Å². The summed E-state index contributed by atoms with van der Waals surface area (Å²) in [6, 6.07) is 8.81. The summed E-state index contributed by atoms with van der Waals surface area (Å²) in [5, 5.41) is 0. The van der Waals surface area contributed by atoms with Crippen molar-refractivity contribution in [2.45, 2.75) is 90.6 Å². The molecule has 0 radical (unpaired) electrons. The molecule has 1 aromatic carbocycles. The van der Waals surface area contributed by atoms with Crippen LogP contribution in [0.1, 0.15) is 90.5 Å². The summed E-state index contributed by atoms with van der Waals surface area (Å²) in [6.45, 7) is 7.28. The first-order valence-electron chi connectivity index (χ1n) is 11.8. The van der Waals surface area contributed by atoms with Gasteiger partial charge in [-0.05, 0) is 117 Å². The molecule has 0 spiro atoms. The van der Waals surface area contributed by atoms with E-state index in [0.717, 1.165) is 23.5 Å². The zero-order valence-corrected chi connectivity index (χ0v) is 18.2. The number of ether oxygens (including phenoxy) is 1. The van der Waals surface area contributed by atoms with Gasteiger partial charge in [-0.15, -0.1) is 0 Å². The molecule has 0 unspecified atom stereocenters. The van der Waals surface area contributed by atoms with Gasteiger partial charge in [0.25, 0.3) is 0 Å². The zero-order chi connectivity index (χ0) is 19.4. The third-order valence-corrected chi connectivity index (χ3v) is 9.00. The predicted molar refractivity (Wildman–Crippen MR) is 117 cm³/mol. The number of hydrogen-bond donors (Lipinski definition) is 0. The molecule has 4 bridgehead atoms. The topological polar surface area (TPSA) is 9.23 Å². The van der Waals surface area contributed by atoms with Crippen molar-refractivity contribution in [2.24, 2.45) is 28.6 Å². The van der Waals surface area contributed by atoms with Gasteiger partial charge in [0, 0.05) is 0 Å². The quantitative estimate of drug-likeness (QED) is 0.511. The molecule has 0 amide bonds. The minimum Gasteiger partial charge on any atom is -0.488 e. The summed E-state index contributed by atoms with van der Waals surface area (Å²) in [7, 11) is 0. The maximum Gasteiger partial charge on any atom is 0.120 e. The maximum absolute atomic E-state index is 6.30. The van der Waals surface area contributed by atoms with Crippen LogP contribution in [0.4, 0.5) is 0 Å². The lowest BCUT2D eigenvalue weighted by atomic mass is 9.43. The first-order chi connectivity index (χ1) is 13.3. The molecule has 5 saturated carbocycles. The highest BCUT2D eigenvalue weighted by Crippen LogP contribution is 2.66. The number of rotatable bonds is 5. The highest BCUT2D eigenvalue weighted by molar-refractivity contribution is 5.51. The third-order valence-electron chi connectivity index (χ3n) is 9.00. The van der Waals surface area contributed by atoms with E-state index >= 15 is 0 Å². The first-order valence-corrected chi connectivity index (χ1v) is 11.8. The smallest absolute Gasteiger partial charge is 0.120 e. The number of allylic oxidation sites excluding steroid dienone is 1. The van der Waals surface area contributed by atoms with Gasteiger partial charge in [-0.1, -0.05) is 38.1 Å². The van der Waals surface area contributed by atoms with E-state index in [9.17, 15) is 0 Å². The van der Waals surface area contributed by atoms with Gasteiger partial charge in [-0.3, -0.25) is 0 Å². The van der Waals surface area contributed by atoms with Crippen LogP contribution in [0, 0.1) is 28.6 Å². The molecule has 0 heterocycles. The van der Waals surface area contributed by atoms with E-state index < -0.39 is 0 Å². The van der Waals surface area contributed by atoms with E-state index in [2.05, 4.69) is 57.2 Å². The molecule has 0 saturated heterocycles. The van der Waals surface area contributed by atoms with Crippen molar-refractivity contribution >= 4 is 6.08 Å². The van der Waals surface area contributed by atoms with Crippen molar-refractivity contribution in [3.8, 4) is 5.75 Å². The van der Waals surface area contributed by atoms with E-state index in [1.54, 1.807) is 0 Å². The normalized spacial score (nSPS) is 36.3. The van der Waals surface area contributed by atoms with Crippen molar-refractivity contribution in [1.82, 2.24) is 0 Å². The maximum atomic E-state index is 6.30. The Kier molecular flexibility index (Phi) is 4.45. The standard InChI is InChI=1S/C27H38O/c1-25(2,27-17-21-14-22(18-27)16-23(15-21)19-27)13-10-20-6-8-24(9-7-20)28-26(3)11-4-5-12-26/h6-10,13,21-23H,4-5,11-12,14-19H2,1-3H3. The Bertz CT molecular complexity index is 697. The van der Waals surface area contributed by atoms with Crippen LogP contribution < -0.4 is 4.74 Å². The van der Waals surface area contributed by atoms with E-state index in [1.807, 2.05) is 0 Å². The summed E-state index contributed by atoms with van der Waals surface area (Å²) in [5.41, 5.74) is 2.20. The fraction of sp³-hybridized carbons (Fsp3) is 0.704. The molecular weight excluding hydrogens is 340 g/mol. The SMILES string of the molecule is CC1(Oc2ccc(C=CC(C)(C)C34CC5CC(CC(C5)C3)C4)cc2)CCCC1.